The standard InChI is InChI=1S/C9H11N3O/c10-12-4-3-8-5-7(6-11-13)1-2-9(8)12/h1-2,5-6,13H,3-4,10H2/b11-6+. The summed E-state index contributed by atoms with van der Waals surface area (Å²) in [5, 5.41) is 13.1. The zero-order chi connectivity index (χ0) is 9.26. The Morgan fingerprint density at radius 2 is 2.38 bits per heavy atom. The third-order valence-electron chi connectivity index (χ3n) is 2.24. The minimum Gasteiger partial charge on any atom is -0.411 e. The molecule has 4 nitrogen and oxygen atoms in total. The molecule has 68 valence electrons. The minimum atomic E-state index is 0.856. The van der Waals surface area contributed by atoms with Crippen molar-refractivity contribution in [1.29, 1.82) is 0 Å². The summed E-state index contributed by atoms with van der Waals surface area (Å²) in [5.41, 5.74) is 3.17. The second-order valence-electron chi connectivity index (χ2n) is 3.08. The van der Waals surface area contributed by atoms with E-state index < -0.39 is 0 Å². The summed E-state index contributed by atoms with van der Waals surface area (Å²) in [4.78, 5) is 0. The Morgan fingerprint density at radius 3 is 3.15 bits per heavy atom. The van der Waals surface area contributed by atoms with Crippen LogP contribution in [-0.2, 0) is 6.42 Å². The number of oxime groups is 1. The Kier molecular flexibility index (Phi) is 1.90. The average molecular weight is 177 g/mol. The van der Waals surface area contributed by atoms with Crippen molar-refractivity contribution in [1.82, 2.24) is 0 Å². The molecule has 3 N–H and O–H groups in total. The fourth-order valence-electron chi connectivity index (χ4n) is 1.59. The monoisotopic (exact) mass is 177 g/mol. The molecule has 1 aliphatic heterocycles. The molecule has 0 unspecified atom stereocenters. The van der Waals surface area contributed by atoms with Gasteiger partial charge in [0, 0.05) is 6.54 Å². The summed E-state index contributed by atoms with van der Waals surface area (Å²) in [5.74, 6) is 5.72. The van der Waals surface area contributed by atoms with Crippen LogP contribution in [0.2, 0.25) is 0 Å². The second-order valence-corrected chi connectivity index (χ2v) is 3.08. The van der Waals surface area contributed by atoms with Gasteiger partial charge in [0.1, 0.15) is 0 Å². The number of rotatable bonds is 1. The van der Waals surface area contributed by atoms with Gasteiger partial charge in [-0.2, -0.15) is 0 Å². The Bertz CT molecular complexity index is 349. The molecule has 0 aliphatic carbocycles. The topological polar surface area (TPSA) is 61.8 Å². The van der Waals surface area contributed by atoms with Crippen molar-refractivity contribution in [3.8, 4) is 0 Å². The van der Waals surface area contributed by atoms with E-state index in [0.717, 1.165) is 24.2 Å². The van der Waals surface area contributed by atoms with Crippen molar-refractivity contribution in [2.75, 3.05) is 11.6 Å². The van der Waals surface area contributed by atoms with E-state index >= 15 is 0 Å². The maximum Gasteiger partial charge on any atom is 0.0733 e. The molecule has 2 rings (SSSR count). The van der Waals surface area contributed by atoms with Crippen LogP contribution in [0.1, 0.15) is 11.1 Å². The fourth-order valence-corrected chi connectivity index (χ4v) is 1.59. The van der Waals surface area contributed by atoms with Gasteiger partial charge in [-0.3, -0.25) is 0 Å². The lowest BCUT2D eigenvalue weighted by molar-refractivity contribution is 0.322. The predicted molar refractivity (Wildman–Crippen MR) is 51.1 cm³/mol. The number of hydrogen-bond acceptors (Lipinski definition) is 4. The van der Waals surface area contributed by atoms with Crippen molar-refractivity contribution < 1.29 is 5.21 Å². The van der Waals surface area contributed by atoms with Gasteiger partial charge in [-0.25, -0.2) is 5.84 Å². The van der Waals surface area contributed by atoms with E-state index in [1.165, 1.54) is 11.8 Å². The Morgan fingerprint density at radius 1 is 1.54 bits per heavy atom. The van der Waals surface area contributed by atoms with E-state index in [1.54, 1.807) is 5.01 Å². The number of nitrogens with zero attached hydrogens (tertiary/aromatic N) is 2. The molecule has 0 atom stereocenters. The van der Waals surface area contributed by atoms with Gasteiger partial charge in [0.2, 0.25) is 0 Å². The fraction of sp³-hybridized carbons (Fsp3) is 0.222. The largest absolute Gasteiger partial charge is 0.411 e. The van der Waals surface area contributed by atoms with Crippen molar-refractivity contribution >= 4 is 11.9 Å². The smallest absolute Gasteiger partial charge is 0.0733 e. The highest BCUT2D eigenvalue weighted by molar-refractivity contribution is 5.81. The van der Waals surface area contributed by atoms with Crippen molar-refractivity contribution in [3.05, 3.63) is 29.3 Å². The molecule has 0 saturated carbocycles. The maximum atomic E-state index is 8.35. The van der Waals surface area contributed by atoms with Crippen molar-refractivity contribution in [3.63, 3.8) is 0 Å². The van der Waals surface area contributed by atoms with Crippen LogP contribution in [0.15, 0.2) is 23.4 Å². The highest BCUT2D eigenvalue weighted by Crippen LogP contribution is 2.25. The molecule has 1 aromatic carbocycles. The van der Waals surface area contributed by atoms with Crippen LogP contribution >= 0.6 is 0 Å². The third kappa shape index (κ3) is 1.36. The van der Waals surface area contributed by atoms with Gasteiger partial charge in [-0.15, -0.1) is 0 Å². The zero-order valence-corrected chi connectivity index (χ0v) is 7.14. The number of hydrogen-bond donors (Lipinski definition) is 2. The molecule has 0 saturated heterocycles. The predicted octanol–water partition coefficient (Wildman–Crippen LogP) is 0.731. The third-order valence-corrected chi connectivity index (χ3v) is 2.24. The first kappa shape index (κ1) is 8.07. The maximum absolute atomic E-state index is 8.35. The number of benzene rings is 1. The SMILES string of the molecule is NN1CCc2cc(/C=N/O)ccc21. The number of nitrogens with two attached hydrogens (primary N) is 1. The molecular formula is C9H11N3O. The van der Waals surface area contributed by atoms with E-state index in [0.29, 0.717) is 0 Å². The summed E-state index contributed by atoms with van der Waals surface area (Å²) < 4.78 is 0. The lowest BCUT2D eigenvalue weighted by Gasteiger charge is -2.10. The van der Waals surface area contributed by atoms with Crippen LogP contribution in [-0.4, -0.2) is 18.0 Å². The van der Waals surface area contributed by atoms with Gasteiger partial charge >= 0.3 is 0 Å². The van der Waals surface area contributed by atoms with Crippen LogP contribution in [0, 0.1) is 0 Å². The molecule has 1 aromatic rings. The Hall–Kier alpha value is -1.55. The highest BCUT2D eigenvalue weighted by atomic mass is 16.4. The van der Waals surface area contributed by atoms with E-state index in [4.69, 9.17) is 11.0 Å². The van der Waals surface area contributed by atoms with Gasteiger partial charge in [0.25, 0.3) is 0 Å². The first-order valence-electron chi connectivity index (χ1n) is 4.14. The highest BCUT2D eigenvalue weighted by Gasteiger charge is 2.15. The average Bonchev–Trinajstić information content (AvgIpc) is 2.48. The van der Waals surface area contributed by atoms with Crippen molar-refractivity contribution in [2.24, 2.45) is 11.0 Å². The molecule has 4 heteroatoms. The molecule has 0 bridgehead atoms. The van der Waals surface area contributed by atoms with E-state index in [1.807, 2.05) is 18.2 Å². The number of anilines is 1. The van der Waals surface area contributed by atoms with Crippen LogP contribution in [0.5, 0.6) is 0 Å². The summed E-state index contributed by atoms with van der Waals surface area (Å²) in [6, 6.07) is 5.81. The van der Waals surface area contributed by atoms with Gasteiger partial charge in [-0.05, 0) is 29.7 Å². The van der Waals surface area contributed by atoms with Crippen LogP contribution in [0.4, 0.5) is 5.69 Å². The Balaban J connectivity index is 2.39. The van der Waals surface area contributed by atoms with Gasteiger partial charge in [0.15, 0.2) is 0 Å². The first-order chi connectivity index (χ1) is 6.31. The molecular weight excluding hydrogens is 166 g/mol. The lowest BCUT2D eigenvalue weighted by atomic mass is 10.1. The summed E-state index contributed by atoms with van der Waals surface area (Å²) >= 11 is 0. The van der Waals surface area contributed by atoms with Gasteiger partial charge in [-0.1, -0.05) is 11.2 Å². The van der Waals surface area contributed by atoms with Crippen LogP contribution in [0.3, 0.4) is 0 Å². The molecule has 13 heavy (non-hydrogen) atoms. The summed E-state index contributed by atoms with van der Waals surface area (Å²) in [6.45, 7) is 0.856. The molecule has 1 heterocycles. The quantitative estimate of drug-likeness (QED) is 0.288. The van der Waals surface area contributed by atoms with E-state index in [2.05, 4.69) is 5.16 Å². The molecule has 0 amide bonds. The summed E-state index contributed by atoms with van der Waals surface area (Å²) in [6.07, 6.45) is 2.37. The van der Waals surface area contributed by atoms with Gasteiger partial charge in [0.05, 0.1) is 11.9 Å². The minimum absolute atomic E-state index is 0.856. The lowest BCUT2D eigenvalue weighted by Crippen LogP contribution is -2.27. The summed E-state index contributed by atoms with van der Waals surface area (Å²) in [7, 11) is 0. The molecule has 0 spiro atoms. The first-order valence-corrected chi connectivity index (χ1v) is 4.14. The van der Waals surface area contributed by atoms with E-state index in [-0.39, 0.29) is 0 Å². The molecule has 0 aromatic heterocycles. The zero-order valence-electron chi connectivity index (χ0n) is 7.14. The second kappa shape index (κ2) is 3.06. The van der Waals surface area contributed by atoms with Crippen LogP contribution in [0.25, 0.3) is 0 Å². The number of hydrazine groups is 1. The van der Waals surface area contributed by atoms with Gasteiger partial charge < -0.3 is 10.2 Å². The Labute approximate surface area is 76.2 Å². The van der Waals surface area contributed by atoms with E-state index in [9.17, 15) is 0 Å². The normalized spacial score (nSPS) is 15.3. The number of fused-ring (bicyclic) bond motifs is 1. The van der Waals surface area contributed by atoms with Crippen LogP contribution < -0.4 is 10.9 Å². The molecule has 0 radical (unpaired) electrons. The molecule has 1 aliphatic rings. The molecule has 0 fully saturated rings. The van der Waals surface area contributed by atoms with Crippen molar-refractivity contribution in [2.45, 2.75) is 6.42 Å².